The molecule has 2 atom stereocenters. The van der Waals surface area contributed by atoms with E-state index in [4.69, 9.17) is 9.84 Å². The van der Waals surface area contributed by atoms with Crippen LogP contribution < -0.4 is 4.74 Å². The van der Waals surface area contributed by atoms with Gasteiger partial charge in [0.25, 0.3) is 5.91 Å². The van der Waals surface area contributed by atoms with Crippen LogP contribution in [0.3, 0.4) is 0 Å². The molecule has 0 aliphatic carbocycles. The Morgan fingerprint density at radius 1 is 1.11 bits per heavy atom. The molecule has 1 amide bonds. The number of piperidine rings is 1. The van der Waals surface area contributed by atoms with E-state index in [-0.39, 0.29) is 23.7 Å². The summed E-state index contributed by atoms with van der Waals surface area (Å²) in [5.41, 5.74) is 4.12. The number of aromatic nitrogens is 5. The first-order valence-corrected chi connectivity index (χ1v) is 11.9. The number of para-hydroxylation sites is 1. The first-order valence-electron chi connectivity index (χ1n) is 11.9. The number of aryl methyl sites for hydroxylation is 1. The molecule has 8 nitrogen and oxygen atoms in total. The van der Waals surface area contributed by atoms with E-state index in [1.165, 1.54) is 24.0 Å². The molecular weight excluding hydrogens is 466 g/mol. The largest absolute Gasteiger partial charge is 0.494 e. The summed E-state index contributed by atoms with van der Waals surface area (Å²) in [6.45, 7) is 0. The Kier molecular flexibility index (Phi) is 5.31. The number of carbonyl (C=O) groups is 1. The van der Waals surface area contributed by atoms with E-state index >= 15 is 0 Å². The van der Waals surface area contributed by atoms with Crippen molar-refractivity contribution in [3.63, 3.8) is 0 Å². The fourth-order valence-corrected chi connectivity index (χ4v) is 5.67. The van der Waals surface area contributed by atoms with E-state index in [1.54, 1.807) is 30.2 Å². The van der Waals surface area contributed by atoms with Crippen LogP contribution in [-0.4, -0.2) is 48.7 Å². The number of hydrogen-bond donors (Lipinski definition) is 0. The van der Waals surface area contributed by atoms with Crippen molar-refractivity contribution in [2.75, 3.05) is 7.11 Å². The van der Waals surface area contributed by atoms with Crippen molar-refractivity contribution < 1.29 is 18.3 Å². The van der Waals surface area contributed by atoms with Crippen molar-refractivity contribution in [3.8, 4) is 22.7 Å². The quantitative estimate of drug-likeness (QED) is 0.428. The standard InChI is InChI=1S/C26H24F2N6O2/c1-32-25(15-12-19(27)23(28)22(13-15)36-2)18-14-16-6-5-9-21(24(18)31-32)33(16)26(35)17-7-3-4-8-20(17)34-29-10-11-30-34/h3-4,7-8,10-13,16,21H,5-6,9,14H2,1-2H3/t16-,21+/m1/s1. The molecule has 0 saturated carbocycles. The molecule has 0 spiro atoms. The van der Waals surface area contributed by atoms with Gasteiger partial charge in [-0.2, -0.15) is 24.5 Å². The average Bonchev–Trinajstić information content (AvgIpc) is 3.53. The van der Waals surface area contributed by atoms with Gasteiger partial charge in [-0.15, -0.1) is 0 Å². The molecule has 1 fully saturated rings. The zero-order chi connectivity index (χ0) is 25.0. The summed E-state index contributed by atoms with van der Waals surface area (Å²) in [5, 5.41) is 13.2. The van der Waals surface area contributed by atoms with Crippen molar-refractivity contribution in [1.29, 1.82) is 0 Å². The van der Waals surface area contributed by atoms with E-state index in [0.717, 1.165) is 30.5 Å². The molecule has 184 valence electrons. The van der Waals surface area contributed by atoms with E-state index in [0.29, 0.717) is 28.9 Å². The second-order valence-corrected chi connectivity index (χ2v) is 9.16. The molecule has 0 unspecified atom stereocenters. The minimum atomic E-state index is -1.02. The van der Waals surface area contributed by atoms with Crippen LogP contribution in [0, 0.1) is 11.6 Å². The molecule has 1 saturated heterocycles. The molecule has 0 N–H and O–H groups in total. The number of rotatable bonds is 4. The number of amides is 1. The summed E-state index contributed by atoms with van der Waals surface area (Å²) < 4.78 is 35.2. The number of fused-ring (bicyclic) bond motifs is 4. The van der Waals surface area contributed by atoms with Crippen LogP contribution in [0.15, 0.2) is 48.8 Å². The van der Waals surface area contributed by atoms with Gasteiger partial charge in [-0.25, -0.2) is 4.39 Å². The third-order valence-electron chi connectivity index (χ3n) is 7.17. The Morgan fingerprint density at radius 3 is 2.67 bits per heavy atom. The number of benzene rings is 2. The minimum Gasteiger partial charge on any atom is -0.494 e. The van der Waals surface area contributed by atoms with Gasteiger partial charge in [-0.3, -0.25) is 9.48 Å². The zero-order valence-corrected chi connectivity index (χ0v) is 19.9. The lowest BCUT2D eigenvalue weighted by atomic mass is 9.81. The monoisotopic (exact) mass is 490 g/mol. The van der Waals surface area contributed by atoms with Gasteiger partial charge in [-0.1, -0.05) is 12.1 Å². The lowest BCUT2D eigenvalue weighted by Crippen LogP contribution is -2.50. The number of carbonyl (C=O) groups excluding carboxylic acids is 1. The number of methoxy groups -OCH3 is 1. The van der Waals surface area contributed by atoms with Gasteiger partial charge < -0.3 is 9.64 Å². The highest BCUT2D eigenvalue weighted by atomic mass is 19.2. The van der Waals surface area contributed by atoms with Gasteiger partial charge in [-0.05, 0) is 49.9 Å². The van der Waals surface area contributed by atoms with Crippen LogP contribution in [0.2, 0.25) is 0 Å². The second-order valence-electron chi connectivity index (χ2n) is 9.16. The fourth-order valence-electron chi connectivity index (χ4n) is 5.67. The van der Waals surface area contributed by atoms with E-state index in [1.807, 2.05) is 23.1 Å². The molecule has 2 bridgehead atoms. The van der Waals surface area contributed by atoms with Crippen LogP contribution in [0.5, 0.6) is 5.75 Å². The van der Waals surface area contributed by atoms with Crippen LogP contribution >= 0.6 is 0 Å². The summed E-state index contributed by atoms with van der Waals surface area (Å²) in [7, 11) is 3.10. The molecule has 4 aromatic rings. The highest BCUT2D eigenvalue weighted by Crippen LogP contribution is 2.45. The fraction of sp³-hybridized carbons (Fsp3) is 0.308. The summed E-state index contributed by atoms with van der Waals surface area (Å²) in [4.78, 5) is 17.4. The van der Waals surface area contributed by atoms with Crippen LogP contribution in [0.25, 0.3) is 16.9 Å². The molecule has 2 aliphatic rings. The lowest BCUT2D eigenvalue weighted by molar-refractivity contribution is 0.0391. The Labute approximate surface area is 206 Å². The Bertz CT molecular complexity index is 1470. The van der Waals surface area contributed by atoms with Crippen LogP contribution in [0.1, 0.15) is 46.9 Å². The third-order valence-corrected chi connectivity index (χ3v) is 7.17. The van der Waals surface area contributed by atoms with E-state index < -0.39 is 11.6 Å². The highest BCUT2D eigenvalue weighted by molar-refractivity contribution is 5.98. The van der Waals surface area contributed by atoms with Crippen molar-refractivity contribution in [2.45, 2.75) is 37.8 Å². The highest BCUT2D eigenvalue weighted by Gasteiger charge is 2.44. The smallest absolute Gasteiger partial charge is 0.256 e. The van der Waals surface area contributed by atoms with Crippen LogP contribution in [0.4, 0.5) is 8.78 Å². The van der Waals surface area contributed by atoms with Gasteiger partial charge in [0.05, 0.1) is 48.2 Å². The van der Waals surface area contributed by atoms with Crippen molar-refractivity contribution >= 4 is 5.91 Å². The molecule has 2 aliphatic heterocycles. The van der Waals surface area contributed by atoms with E-state index in [9.17, 15) is 13.6 Å². The number of hydrogen-bond acceptors (Lipinski definition) is 5. The maximum absolute atomic E-state index is 14.4. The predicted molar refractivity (Wildman–Crippen MR) is 127 cm³/mol. The number of nitrogens with zero attached hydrogens (tertiary/aromatic N) is 6. The summed E-state index contributed by atoms with van der Waals surface area (Å²) in [5.74, 6) is -2.24. The maximum Gasteiger partial charge on any atom is 0.256 e. The number of halogens is 2. The van der Waals surface area contributed by atoms with E-state index in [2.05, 4.69) is 10.2 Å². The Balaban J connectivity index is 1.43. The van der Waals surface area contributed by atoms with Gasteiger partial charge in [0.1, 0.15) is 0 Å². The van der Waals surface area contributed by atoms with Gasteiger partial charge in [0.15, 0.2) is 11.6 Å². The van der Waals surface area contributed by atoms with Crippen LogP contribution in [-0.2, 0) is 13.5 Å². The molecule has 10 heteroatoms. The minimum absolute atomic E-state index is 0.0440. The molecule has 0 radical (unpaired) electrons. The van der Waals surface area contributed by atoms with Gasteiger partial charge >= 0.3 is 0 Å². The molecule has 4 heterocycles. The normalized spacial score (nSPS) is 18.7. The van der Waals surface area contributed by atoms with Crippen molar-refractivity contribution in [2.24, 2.45) is 7.05 Å². The first kappa shape index (κ1) is 22.4. The first-order chi connectivity index (χ1) is 17.5. The SMILES string of the molecule is COc1cc(-c2c3c(nn2C)[C@@H]2CCC[C@H](C3)N2C(=O)c2ccccc2-n2nccn2)cc(F)c1F. The zero-order valence-electron chi connectivity index (χ0n) is 19.9. The lowest BCUT2D eigenvalue weighted by Gasteiger charge is -2.45. The molecule has 2 aromatic carbocycles. The number of ether oxygens (including phenoxy) is 1. The predicted octanol–water partition coefficient (Wildman–Crippen LogP) is 4.25. The molecule has 6 rings (SSSR count). The third kappa shape index (κ3) is 3.39. The van der Waals surface area contributed by atoms with Crippen molar-refractivity contribution in [1.82, 2.24) is 29.7 Å². The molecule has 36 heavy (non-hydrogen) atoms. The topological polar surface area (TPSA) is 78.1 Å². The Hall–Kier alpha value is -4.08. The molecular formula is C26H24F2N6O2. The summed E-state index contributed by atoms with van der Waals surface area (Å²) >= 11 is 0. The summed E-state index contributed by atoms with van der Waals surface area (Å²) in [6.07, 6.45) is 6.32. The maximum atomic E-state index is 14.4. The Morgan fingerprint density at radius 2 is 1.89 bits per heavy atom. The van der Waals surface area contributed by atoms with Gasteiger partial charge in [0.2, 0.25) is 5.82 Å². The molecule has 2 aromatic heterocycles. The van der Waals surface area contributed by atoms with Gasteiger partial charge in [0, 0.05) is 24.2 Å². The second kappa shape index (κ2) is 8.54. The van der Waals surface area contributed by atoms with Crippen molar-refractivity contribution in [3.05, 3.63) is 77.2 Å². The average molecular weight is 491 g/mol. The summed E-state index contributed by atoms with van der Waals surface area (Å²) in [6, 6.07) is 9.72.